The first kappa shape index (κ1) is 11.0. The van der Waals surface area contributed by atoms with Crippen molar-refractivity contribution in [2.24, 2.45) is 0 Å². The minimum atomic E-state index is -0.0408. The summed E-state index contributed by atoms with van der Waals surface area (Å²) in [5.41, 5.74) is 1.18. The van der Waals surface area contributed by atoms with Gasteiger partial charge in [-0.15, -0.1) is 0 Å². The van der Waals surface area contributed by atoms with E-state index in [2.05, 4.69) is 0 Å². The maximum atomic E-state index is 12.1. The number of carbonyl (C=O) groups excluding carboxylic acids is 1. The van der Waals surface area contributed by atoms with Crippen LogP contribution in [0.5, 0.6) is 5.75 Å². The summed E-state index contributed by atoms with van der Waals surface area (Å²) >= 11 is 0. The number of hydrogen-bond donors (Lipinski definition) is 1. The highest BCUT2D eigenvalue weighted by atomic mass is 16.3. The van der Waals surface area contributed by atoms with Crippen LogP contribution in [-0.4, -0.2) is 29.0 Å². The van der Waals surface area contributed by atoms with Gasteiger partial charge < -0.3 is 10.0 Å². The molecule has 0 bridgehead atoms. The molecule has 1 N–H and O–H groups in total. The van der Waals surface area contributed by atoms with Crippen LogP contribution < -0.4 is 0 Å². The molecule has 1 amide bonds. The molecule has 1 fully saturated rings. The van der Waals surface area contributed by atoms with Crippen LogP contribution >= 0.6 is 0 Å². The van der Waals surface area contributed by atoms with E-state index in [1.54, 1.807) is 6.07 Å². The van der Waals surface area contributed by atoms with Crippen LogP contribution in [0.15, 0.2) is 18.2 Å². The number of para-hydroxylation sites is 1. The average molecular weight is 219 g/mol. The van der Waals surface area contributed by atoms with Crippen molar-refractivity contribution in [1.29, 1.82) is 0 Å². The summed E-state index contributed by atoms with van der Waals surface area (Å²) in [6.45, 7) is 3.43. The number of phenolic OH excluding ortho intramolecular Hbond substituents is 1. The average Bonchev–Trinajstić information content (AvgIpc) is 2.33. The summed E-state index contributed by atoms with van der Waals surface area (Å²) in [4.78, 5) is 14.0. The van der Waals surface area contributed by atoms with E-state index < -0.39 is 0 Å². The van der Waals surface area contributed by atoms with Crippen molar-refractivity contribution in [2.75, 3.05) is 13.1 Å². The second-order valence-electron chi connectivity index (χ2n) is 4.32. The van der Waals surface area contributed by atoms with Crippen molar-refractivity contribution in [1.82, 2.24) is 4.90 Å². The van der Waals surface area contributed by atoms with Gasteiger partial charge in [0.25, 0.3) is 5.91 Å². The van der Waals surface area contributed by atoms with Gasteiger partial charge in [0.05, 0.1) is 5.56 Å². The summed E-state index contributed by atoms with van der Waals surface area (Å²) in [5.74, 6) is 0.0824. The molecule has 1 aromatic rings. The Labute approximate surface area is 95.7 Å². The van der Waals surface area contributed by atoms with Crippen LogP contribution in [-0.2, 0) is 0 Å². The fourth-order valence-corrected chi connectivity index (χ4v) is 2.10. The number of carbonyl (C=O) groups is 1. The highest BCUT2D eigenvalue weighted by Crippen LogP contribution is 2.24. The number of aromatic hydroxyl groups is 1. The summed E-state index contributed by atoms with van der Waals surface area (Å²) in [6.07, 6.45) is 3.33. The largest absolute Gasteiger partial charge is 0.507 e. The van der Waals surface area contributed by atoms with Gasteiger partial charge in [-0.25, -0.2) is 0 Å². The van der Waals surface area contributed by atoms with Crippen molar-refractivity contribution in [2.45, 2.75) is 26.2 Å². The minimum Gasteiger partial charge on any atom is -0.507 e. The van der Waals surface area contributed by atoms with Crippen molar-refractivity contribution < 1.29 is 9.90 Å². The van der Waals surface area contributed by atoms with E-state index >= 15 is 0 Å². The number of aryl methyl sites for hydroxylation is 1. The maximum absolute atomic E-state index is 12.1. The third-order valence-corrected chi connectivity index (χ3v) is 3.11. The van der Waals surface area contributed by atoms with E-state index in [1.807, 2.05) is 24.0 Å². The Bertz CT molecular complexity index is 395. The van der Waals surface area contributed by atoms with E-state index in [4.69, 9.17) is 0 Å². The molecule has 0 aromatic heterocycles. The summed E-state index contributed by atoms with van der Waals surface area (Å²) in [6, 6.07) is 5.31. The first-order valence-electron chi connectivity index (χ1n) is 5.78. The Balaban J connectivity index is 2.22. The monoisotopic (exact) mass is 219 g/mol. The van der Waals surface area contributed by atoms with Gasteiger partial charge in [-0.1, -0.05) is 12.1 Å². The molecule has 3 nitrogen and oxygen atoms in total. The molecule has 1 aliphatic rings. The number of piperidine rings is 1. The molecule has 1 aliphatic heterocycles. The summed E-state index contributed by atoms with van der Waals surface area (Å²) < 4.78 is 0. The Kier molecular flexibility index (Phi) is 3.13. The topological polar surface area (TPSA) is 40.5 Å². The van der Waals surface area contributed by atoms with Gasteiger partial charge in [0.2, 0.25) is 0 Å². The molecule has 1 saturated heterocycles. The lowest BCUT2D eigenvalue weighted by Gasteiger charge is -2.27. The zero-order chi connectivity index (χ0) is 11.5. The number of amides is 1. The van der Waals surface area contributed by atoms with Crippen molar-refractivity contribution in [3.05, 3.63) is 29.3 Å². The Hall–Kier alpha value is -1.51. The van der Waals surface area contributed by atoms with Crippen LogP contribution in [0.4, 0.5) is 0 Å². The summed E-state index contributed by atoms with van der Waals surface area (Å²) in [7, 11) is 0. The number of likely N-dealkylation sites (tertiary alicyclic amines) is 1. The molecule has 0 aliphatic carbocycles. The molecule has 2 rings (SSSR count). The number of benzene rings is 1. The molecule has 86 valence electrons. The van der Waals surface area contributed by atoms with Crippen LogP contribution in [0, 0.1) is 6.92 Å². The maximum Gasteiger partial charge on any atom is 0.257 e. The predicted octanol–water partition coefficient (Wildman–Crippen LogP) is 2.33. The highest BCUT2D eigenvalue weighted by Gasteiger charge is 2.20. The van der Waals surface area contributed by atoms with Gasteiger partial charge in [0, 0.05) is 13.1 Å². The number of phenols is 1. The molecule has 0 atom stereocenters. The first-order valence-corrected chi connectivity index (χ1v) is 5.78. The normalized spacial score (nSPS) is 16.2. The Morgan fingerprint density at radius 1 is 1.25 bits per heavy atom. The second-order valence-corrected chi connectivity index (χ2v) is 4.32. The third kappa shape index (κ3) is 2.03. The predicted molar refractivity (Wildman–Crippen MR) is 62.6 cm³/mol. The van der Waals surface area contributed by atoms with Crippen molar-refractivity contribution >= 4 is 5.91 Å². The van der Waals surface area contributed by atoms with E-state index in [-0.39, 0.29) is 11.7 Å². The van der Waals surface area contributed by atoms with Crippen LogP contribution in [0.2, 0.25) is 0 Å². The minimum absolute atomic E-state index is 0.0408. The van der Waals surface area contributed by atoms with Gasteiger partial charge in [-0.3, -0.25) is 4.79 Å². The van der Waals surface area contributed by atoms with Crippen molar-refractivity contribution in [3.8, 4) is 5.75 Å². The van der Waals surface area contributed by atoms with Gasteiger partial charge in [0.15, 0.2) is 0 Å². The van der Waals surface area contributed by atoms with Crippen LogP contribution in [0.1, 0.15) is 35.2 Å². The lowest BCUT2D eigenvalue weighted by Crippen LogP contribution is -2.35. The fourth-order valence-electron chi connectivity index (χ4n) is 2.10. The molecular weight excluding hydrogens is 202 g/mol. The van der Waals surface area contributed by atoms with Crippen LogP contribution in [0.25, 0.3) is 0 Å². The highest BCUT2D eigenvalue weighted by molar-refractivity contribution is 5.97. The molecule has 0 unspecified atom stereocenters. The molecule has 0 radical (unpaired) electrons. The number of nitrogens with zero attached hydrogens (tertiary/aromatic N) is 1. The quantitative estimate of drug-likeness (QED) is 0.787. The molecular formula is C13H17NO2. The molecule has 3 heteroatoms. The van der Waals surface area contributed by atoms with Crippen molar-refractivity contribution in [3.63, 3.8) is 0 Å². The van der Waals surface area contributed by atoms with Gasteiger partial charge in [-0.2, -0.15) is 0 Å². The number of hydrogen-bond acceptors (Lipinski definition) is 2. The first-order chi connectivity index (χ1) is 7.70. The van der Waals surface area contributed by atoms with Gasteiger partial charge in [0.1, 0.15) is 5.75 Å². The smallest absolute Gasteiger partial charge is 0.257 e. The Morgan fingerprint density at radius 2 is 1.94 bits per heavy atom. The molecule has 1 aromatic carbocycles. The van der Waals surface area contributed by atoms with Gasteiger partial charge in [-0.05, 0) is 37.8 Å². The fraction of sp³-hybridized carbons (Fsp3) is 0.462. The molecule has 0 saturated carbocycles. The molecule has 16 heavy (non-hydrogen) atoms. The lowest BCUT2D eigenvalue weighted by atomic mass is 10.1. The summed E-state index contributed by atoms with van der Waals surface area (Å²) in [5, 5.41) is 9.85. The second kappa shape index (κ2) is 4.56. The standard InChI is InChI=1S/C13H17NO2/c1-10-6-5-7-11(12(10)15)13(16)14-8-3-2-4-9-14/h5-7,15H,2-4,8-9H2,1H3. The zero-order valence-electron chi connectivity index (χ0n) is 9.57. The third-order valence-electron chi connectivity index (χ3n) is 3.11. The molecule has 1 heterocycles. The van der Waals surface area contributed by atoms with E-state index in [1.165, 1.54) is 6.42 Å². The van der Waals surface area contributed by atoms with Crippen LogP contribution in [0.3, 0.4) is 0 Å². The van der Waals surface area contributed by atoms with E-state index in [9.17, 15) is 9.90 Å². The van der Waals surface area contributed by atoms with Gasteiger partial charge >= 0.3 is 0 Å². The SMILES string of the molecule is Cc1cccc(C(=O)N2CCCCC2)c1O. The molecule has 0 spiro atoms. The van der Waals surface area contributed by atoms with E-state index in [0.29, 0.717) is 5.56 Å². The number of rotatable bonds is 1. The van der Waals surface area contributed by atoms with E-state index in [0.717, 1.165) is 31.5 Å². The zero-order valence-corrected chi connectivity index (χ0v) is 9.57. The Morgan fingerprint density at radius 3 is 2.62 bits per heavy atom. The lowest BCUT2D eigenvalue weighted by molar-refractivity contribution is 0.0721.